The van der Waals surface area contributed by atoms with Crippen molar-refractivity contribution in [2.24, 2.45) is 5.92 Å². The molecule has 2 heterocycles. The number of pyridine rings is 1. The van der Waals surface area contributed by atoms with E-state index >= 15 is 0 Å². The Bertz CT molecular complexity index is 425. The maximum absolute atomic E-state index is 13.4. The summed E-state index contributed by atoms with van der Waals surface area (Å²) in [5, 5.41) is 2.91. The Hall–Kier alpha value is -1.43. The highest BCUT2D eigenvalue weighted by atomic mass is 19.1. The first-order valence-corrected chi connectivity index (χ1v) is 6.10. The van der Waals surface area contributed by atoms with Crippen LogP contribution >= 0.6 is 0 Å². The van der Waals surface area contributed by atoms with Crippen LogP contribution in [0, 0.1) is 17.6 Å². The summed E-state index contributed by atoms with van der Waals surface area (Å²) >= 11 is 0. The van der Waals surface area contributed by atoms with Gasteiger partial charge in [-0.05, 0) is 32.4 Å². The van der Waals surface area contributed by atoms with Gasteiger partial charge in [-0.3, -0.25) is 0 Å². The summed E-state index contributed by atoms with van der Waals surface area (Å²) in [5.74, 6) is -1.32. The summed E-state index contributed by atoms with van der Waals surface area (Å²) in [7, 11) is 2.07. The van der Waals surface area contributed by atoms with E-state index in [0.717, 1.165) is 32.0 Å². The number of anilines is 2. The number of hydrogen-bond donors (Lipinski definition) is 2. The summed E-state index contributed by atoms with van der Waals surface area (Å²) in [5.41, 5.74) is 5.32. The molecular formula is C12H18F2N4. The number of hydrogen-bond acceptors (Lipinski definition) is 4. The molecule has 0 amide bonds. The fraction of sp³-hybridized carbons (Fsp3) is 0.583. The minimum atomic E-state index is -0.824. The van der Waals surface area contributed by atoms with Crippen LogP contribution in [-0.4, -0.2) is 36.6 Å². The van der Waals surface area contributed by atoms with Gasteiger partial charge in [-0.15, -0.1) is 0 Å². The summed E-state index contributed by atoms with van der Waals surface area (Å²) in [6.07, 6.45) is 2.25. The smallest absolute Gasteiger partial charge is 0.168 e. The Balaban J connectivity index is 1.95. The van der Waals surface area contributed by atoms with E-state index in [1.807, 2.05) is 0 Å². The molecular weight excluding hydrogens is 238 g/mol. The van der Waals surface area contributed by atoms with Gasteiger partial charge in [0, 0.05) is 19.2 Å². The lowest BCUT2D eigenvalue weighted by atomic mass is 9.98. The molecule has 4 nitrogen and oxygen atoms in total. The van der Waals surface area contributed by atoms with Crippen LogP contribution in [0.25, 0.3) is 0 Å². The quantitative estimate of drug-likeness (QED) is 0.864. The van der Waals surface area contributed by atoms with Crippen LogP contribution in [0.1, 0.15) is 12.8 Å². The monoisotopic (exact) mass is 256 g/mol. The van der Waals surface area contributed by atoms with Crippen molar-refractivity contribution in [2.75, 3.05) is 37.7 Å². The maximum atomic E-state index is 13.4. The number of piperidine rings is 1. The second kappa shape index (κ2) is 5.48. The molecule has 2 rings (SSSR count). The van der Waals surface area contributed by atoms with E-state index in [1.54, 1.807) is 0 Å². The minimum Gasteiger partial charge on any atom is -0.381 e. The zero-order valence-corrected chi connectivity index (χ0v) is 10.4. The fourth-order valence-corrected chi connectivity index (χ4v) is 2.29. The lowest BCUT2D eigenvalue weighted by Gasteiger charge is -2.29. The Morgan fingerprint density at radius 2 is 2.28 bits per heavy atom. The molecule has 0 radical (unpaired) electrons. The third-order valence-corrected chi connectivity index (χ3v) is 3.24. The van der Waals surface area contributed by atoms with E-state index in [-0.39, 0.29) is 11.6 Å². The van der Waals surface area contributed by atoms with Crippen molar-refractivity contribution in [3.05, 3.63) is 17.7 Å². The first-order chi connectivity index (χ1) is 8.56. The number of nitrogen functional groups attached to an aromatic ring is 1. The average Bonchev–Trinajstić information content (AvgIpc) is 2.32. The predicted molar refractivity (Wildman–Crippen MR) is 67.3 cm³/mol. The molecule has 0 saturated carbocycles. The molecule has 18 heavy (non-hydrogen) atoms. The van der Waals surface area contributed by atoms with E-state index in [4.69, 9.17) is 5.73 Å². The minimum absolute atomic E-state index is 0.0297. The van der Waals surface area contributed by atoms with E-state index in [2.05, 4.69) is 22.2 Å². The first-order valence-electron chi connectivity index (χ1n) is 6.10. The summed E-state index contributed by atoms with van der Waals surface area (Å²) in [6, 6.07) is 0.762. The zero-order valence-electron chi connectivity index (χ0n) is 10.4. The maximum Gasteiger partial charge on any atom is 0.168 e. The molecule has 1 aromatic heterocycles. The molecule has 100 valence electrons. The van der Waals surface area contributed by atoms with E-state index in [9.17, 15) is 8.78 Å². The number of aromatic nitrogens is 1. The number of nitrogens with two attached hydrogens (primary N) is 1. The van der Waals surface area contributed by atoms with Crippen LogP contribution in [0.3, 0.4) is 0 Å². The fourth-order valence-electron chi connectivity index (χ4n) is 2.29. The van der Waals surface area contributed by atoms with E-state index < -0.39 is 11.6 Å². The van der Waals surface area contributed by atoms with Gasteiger partial charge in [-0.25, -0.2) is 13.8 Å². The number of halogens is 2. The van der Waals surface area contributed by atoms with Gasteiger partial charge in [0.05, 0.1) is 0 Å². The van der Waals surface area contributed by atoms with Crippen molar-refractivity contribution < 1.29 is 8.78 Å². The normalized spacial score (nSPS) is 20.9. The van der Waals surface area contributed by atoms with E-state index in [0.29, 0.717) is 12.5 Å². The van der Waals surface area contributed by atoms with Crippen molar-refractivity contribution in [3.8, 4) is 0 Å². The van der Waals surface area contributed by atoms with Crippen LogP contribution in [-0.2, 0) is 0 Å². The zero-order chi connectivity index (χ0) is 13.1. The molecule has 0 aliphatic carbocycles. The molecule has 1 atom stereocenters. The average molecular weight is 256 g/mol. The standard InChI is InChI=1S/C12H18F2N4/c1-18-4-2-3-8(7-18)6-16-12-10(14)5-9(13)11(15)17-12/h5,8H,2-4,6-7H2,1H3,(H3,15,16,17). The summed E-state index contributed by atoms with van der Waals surface area (Å²) in [6.45, 7) is 2.71. The summed E-state index contributed by atoms with van der Waals surface area (Å²) < 4.78 is 26.4. The van der Waals surface area contributed by atoms with Crippen LogP contribution in [0.2, 0.25) is 0 Å². The molecule has 0 aromatic carbocycles. The number of rotatable bonds is 3. The molecule has 1 fully saturated rings. The molecule has 3 N–H and O–H groups in total. The van der Waals surface area contributed by atoms with Crippen molar-refractivity contribution in [1.82, 2.24) is 9.88 Å². The SMILES string of the molecule is CN1CCCC(CNc2nc(N)c(F)cc2F)C1. The van der Waals surface area contributed by atoms with Gasteiger partial charge in [0.1, 0.15) is 0 Å². The Morgan fingerprint density at radius 1 is 1.50 bits per heavy atom. The van der Waals surface area contributed by atoms with Crippen LogP contribution in [0.5, 0.6) is 0 Å². The molecule has 0 spiro atoms. The van der Waals surface area contributed by atoms with Crippen LogP contribution in [0.4, 0.5) is 20.4 Å². The highest BCUT2D eigenvalue weighted by Crippen LogP contribution is 2.19. The highest BCUT2D eigenvalue weighted by molar-refractivity contribution is 5.44. The van der Waals surface area contributed by atoms with Gasteiger partial charge in [0.15, 0.2) is 23.3 Å². The molecule has 6 heteroatoms. The number of likely N-dealkylation sites (tertiary alicyclic amines) is 1. The van der Waals surface area contributed by atoms with Gasteiger partial charge >= 0.3 is 0 Å². The highest BCUT2D eigenvalue weighted by Gasteiger charge is 2.18. The third kappa shape index (κ3) is 3.07. The van der Waals surface area contributed by atoms with Gasteiger partial charge in [-0.2, -0.15) is 0 Å². The lowest BCUT2D eigenvalue weighted by Crippen LogP contribution is -2.35. The lowest BCUT2D eigenvalue weighted by molar-refractivity contribution is 0.217. The Morgan fingerprint density at radius 3 is 3.00 bits per heavy atom. The molecule has 1 aromatic rings. The van der Waals surface area contributed by atoms with Gasteiger partial charge < -0.3 is 16.0 Å². The largest absolute Gasteiger partial charge is 0.381 e. The van der Waals surface area contributed by atoms with Crippen molar-refractivity contribution in [3.63, 3.8) is 0 Å². The topological polar surface area (TPSA) is 54.2 Å². The second-order valence-electron chi connectivity index (χ2n) is 4.84. The van der Waals surface area contributed by atoms with Gasteiger partial charge in [0.2, 0.25) is 0 Å². The molecule has 0 bridgehead atoms. The number of nitrogens with zero attached hydrogens (tertiary/aromatic N) is 2. The van der Waals surface area contributed by atoms with E-state index in [1.165, 1.54) is 0 Å². The number of nitrogens with one attached hydrogen (secondary N) is 1. The van der Waals surface area contributed by atoms with Gasteiger partial charge in [0.25, 0.3) is 0 Å². The summed E-state index contributed by atoms with van der Waals surface area (Å²) in [4.78, 5) is 5.93. The second-order valence-corrected chi connectivity index (χ2v) is 4.84. The van der Waals surface area contributed by atoms with Crippen molar-refractivity contribution in [1.29, 1.82) is 0 Å². The van der Waals surface area contributed by atoms with Crippen molar-refractivity contribution in [2.45, 2.75) is 12.8 Å². The van der Waals surface area contributed by atoms with Crippen molar-refractivity contribution >= 4 is 11.6 Å². The molecule has 1 saturated heterocycles. The molecule has 1 aliphatic heterocycles. The predicted octanol–water partition coefficient (Wildman–Crippen LogP) is 1.70. The van der Waals surface area contributed by atoms with Crippen LogP contribution in [0.15, 0.2) is 6.07 Å². The molecule has 1 aliphatic rings. The van der Waals surface area contributed by atoms with Gasteiger partial charge in [-0.1, -0.05) is 0 Å². The Labute approximate surface area is 105 Å². The Kier molecular flexibility index (Phi) is 3.96. The third-order valence-electron chi connectivity index (χ3n) is 3.24. The first kappa shape index (κ1) is 13.0. The molecule has 1 unspecified atom stereocenters. The van der Waals surface area contributed by atoms with Crippen LogP contribution < -0.4 is 11.1 Å².